The van der Waals surface area contributed by atoms with Crippen LogP contribution in [0.5, 0.6) is 5.75 Å². The lowest BCUT2D eigenvalue weighted by molar-refractivity contribution is -0.115. The first-order chi connectivity index (χ1) is 10.2. The van der Waals surface area contributed by atoms with Gasteiger partial charge in [-0.25, -0.2) is 4.39 Å². The predicted octanol–water partition coefficient (Wildman–Crippen LogP) is 3.76. The number of carbonyl (C=O) groups is 1. The summed E-state index contributed by atoms with van der Waals surface area (Å²) in [6.45, 7) is 0.365. The molecule has 3 nitrogen and oxygen atoms in total. The van der Waals surface area contributed by atoms with Crippen molar-refractivity contribution in [2.75, 3.05) is 11.6 Å². The van der Waals surface area contributed by atoms with Crippen LogP contribution in [0.25, 0.3) is 0 Å². The number of halogens is 1. The second kappa shape index (κ2) is 5.77. The molecule has 5 heteroatoms. The van der Waals surface area contributed by atoms with Gasteiger partial charge in [0.2, 0.25) is 5.91 Å². The molecule has 0 saturated heterocycles. The van der Waals surface area contributed by atoms with E-state index >= 15 is 0 Å². The summed E-state index contributed by atoms with van der Waals surface area (Å²) in [5.74, 6) is -0.206. The average Bonchev–Trinajstić information content (AvgIpc) is 2.82. The average molecular weight is 303 g/mol. The number of fused-ring (bicyclic) bond motifs is 1. The standard InChI is InChI=1S/C16H14FNO2S/c1-21-15-12-7-11(8-13(17)14(12)18-16(15)19)20-9-10-5-3-2-4-6-10/h2-8,15H,9H2,1H3,(H,18,19). The van der Waals surface area contributed by atoms with E-state index in [0.29, 0.717) is 17.9 Å². The number of benzene rings is 2. The predicted molar refractivity (Wildman–Crippen MR) is 82.1 cm³/mol. The van der Waals surface area contributed by atoms with Crippen molar-refractivity contribution in [3.8, 4) is 5.75 Å². The monoisotopic (exact) mass is 303 g/mol. The molecule has 0 saturated carbocycles. The van der Waals surface area contributed by atoms with E-state index in [1.165, 1.54) is 17.8 Å². The Labute approximate surface area is 126 Å². The summed E-state index contributed by atoms with van der Waals surface area (Å²) in [4.78, 5) is 11.8. The molecule has 3 rings (SSSR count). The normalized spacial score (nSPS) is 16.5. The Morgan fingerprint density at radius 2 is 2.05 bits per heavy atom. The molecule has 0 radical (unpaired) electrons. The fourth-order valence-corrected chi connectivity index (χ4v) is 3.04. The van der Waals surface area contributed by atoms with Gasteiger partial charge in [0.25, 0.3) is 0 Å². The topological polar surface area (TPSA) is 38.3 Å². The van der Waals surface area contributed by atoms with Crippen LogP contribution < -0.4 is 10.1 Å². The van der Waals surface area contributed by atoms with Crippen LogP contribution in [-0.4, -0.2) is 12.2 Å². The molecule has 1 heterocycles. The number of ether oxygens (including phenoxy) is 1. The van der Waals surface area contributed by atoms with Crippen molar-refractivity contribution in [2.24, 2.45) is 0 Å². The molecule has 1 unspecified atom stereocenters. The molecule has 2 aromatic carbocycles. The number of anilines is 1. The van der Waals surface area contributed by atoms with Crippen molar-refractivity contribution in [3.05, 3.63) is 59.4 Å². The molecule has 0 spiro atoms. The third-order valence-electron chi connectivity index (χ3n) is 3.35. The zero-order chi connectivity index (χ0) is 14.8. The van der Waals surface area contributed by atoms with Crippen LogP contribution in [0.15, 0.2) is 42.5 Å². The first-order valence-electron chi connectivity index (χ1n) is 6.53. The van der Waals surface area contributed by atoms with Crippen LogP contribution in [0.3, 0.4) is 0 Å². The minimum Gasteiger partial charge on any atom is -0.489 e. The smallest absolute Gasteiger partial charge is 0.242 e. The molecule has 1 atom stereocenters. The summed E-state index contributed by atoms with van der Waals surface area (Å²) in [6, 6.07) is 12.7. The molecule has 2 aromatic rings. The van der Waals surface area contributed by atoms with Gasteiger partial charge in [0.1, 0.15) is 17.6 Å². The second-order valence-corrected chi connectivity index (χ2v) is 5.69. The molecular formula is C16H14FNO2S. The summed E-state index contributed by atoms with van der Waals surface area (Å²) < 4.78 is 19.7. The fraction of sp³-hybridized carbons (Fsp3) is 0.188. The van der Waals surface area contributed by atoms with Gasteiger partial charge in [0, 0.05) is 11.6 Å². The SMILES string of the molecule is CSC1C(=O)Nc2c(F)cc(OCc3ccccc3)cc21. The van der Waals surface area contributed by atoms with Crippen molar-refractivity contribution in [1.29, 1.82) is 0 Å². The third kappa shape index (κ3) is 2.74. The van der Waals surface area contributed by atoms with E-state index in [1.54, 1.807) is 6.07 Å². The van der Waals surface area contributed by atoms with Crippen molar-refractivity contribution >= 4 is 23.4 Å². The molecule has 0 aliphatic carbocycles. The van der Waals surface area contributed by atoms with E-state index in [0.717, 1.165) is 5.56 Å². The second-order valence-electron chi connectivity index (χ2n) is 4.75. The highest BCUT2D eigenvalue weighted by Crippen LogP contribution is 2.42. The Bertz CT molecular complexity index is 675. The zero-order valence-electron chi connectivity index (χ0n) is 11.4. The van der Waals surface area contributed by atoms with Crippen LogP contribution >= 0.6 is 11.8 Å². The number of hydrogen-bond donors (Lipinski definition) is 1. The van der Waals surface area contributed by atoms with Gasteiger partial charge in [-0.3, -0.25) is 4.79 Å². The molecule has 21 heavy (non-hydrogen) atoms. The third-order valence-corrected chi connectivity index (χ3v) is 4.29. The molecule has 1 N–H and O–H groups in total. The van der Waals surface area contributed by atoms with Gasteiger partial charge in [0.05, 0.1) is 5.69 Å². The van der Waals surface area contributed by atoms with E-state index < -0.39 is 5.82 Å². The maximum absolute atomic E-state index is 14.1. The first-order valence-corrected chi connectivity index (χ1v) is 7.81. The summed E-state index contributed by atoms with van der Waals surface area (Å²) in [6.07, 6.45) is 1.83. The number of nitrogens with one attached hydrogen (secondary N) is 1. The summed E-state index contributed by atoms with van der Waals surface area (Å²) >= 11 is 1.38. The van der Waals surface area contributed by atoms with Gasteiger partial charge in [-0.05, 0) is 17.9 Å². The fourth-order valence-electron chi connectivity index (χ4n) is 2.33. The van der Waals surface area contributed by atoms with Crippen LogP contribution in [0, 0.1) is 5.82 Å². The van der Waals surface area contributed by atoms with Crippen LogP contribution in [0.1, 0.15) is 16.4 Å². The largest absolute Gasteiger partial charge is 0.489 e. The summed E-state index contributed by atoms with van der Waals surface area (Å²) in [5.41, 5.74) is 1.93. The summed E-state index contributed by atoms with van der Waals surface area (Å²) in [7, 11) is 0. The van der Waals surface area contributed by atoms with E-state index in [2.05, 4.69) is 5.32 Å². The van der Waals surface area contributed by atoms with Gasteiger partial charge in [-0.15, -0.1) is 11.8 Å². The molecular weight excluding hydrogens is 289 g/mol. The molecule has 1 aliphatic heterocycles. The van der Waals surface area contributed by atoms with E-state index in [1.807, 2.05) is 36.6 Å². The quantitative estimate of drug-likeness (QED) is 0.934. The lowest BCUT2D eigenvalue weighted by Gasteiger charge is -2.10. The van der Waals surface area contributed by atoms with Crippen molar-refractivity contribution in [2.45, 2.75) is 11.9 Å². The molecule has 108 valence electrons. The van der Waals surface area contributed by atoms with E-state index in [9.17, 15) is 9.18 Å². The minimum absolute atomic E-state index is 0.184. The Hall–Kier alpha value is -2.01. The van der Waals surface area contributed by atoms with Crippen LogP contribution in [-0.2, 0) is 11.4 Å². The van der Waals surface area contributed by atoms with Crippen molar-refractivity contribution < 1.29 is 13.9 Å². The van der Waals surface area contributed by atoms with Crippen molar-refractivity contribution in [1.82, 2.24) is 0 Å². The Kier molecular flexibility index (Phi) is 3.84. The maximum Gasteiger partial charge on any atom is 0.242 e. The lowest BCUT2D eigenvalue weighted by Crippen LogP contribution is -2.08. The van der Waals surface area contributed by atoms with Gasteiger partial charge >= 0.3 is 0 Å². The highest BCUT2D eigenvalue weighted by atomic mass is 32.2. The maximum atomic E-state index is 14.1. The van der Waals surface area contributed by atoms with Crippen LogP contribution in [0.2, 0.25) is 0 Å². The van der Waals surface area contributed by atoms with Gasteiger partial charge in [-0.2, -0.15) is 0 Å². The lowest BCUT2D eigenvalue weighted by atomic mass is 10.1. The molecule has 0 aromatic heterocycles. The van der Waals surface area contributed by atoms with Crippen molar-refractivity contribution in [3.63, 3.8) is 0 Å². The van der Waals surface area contributed by atoms with Crippen LogP contribution in [0.4, 0.5) is 10.1 Å². The van der Waals surface area contributed by atoms with Gasteiger partial charge in [-0.1, -0.05) is 30.3 Å². The molecule has 0 fully saturated rings. The zero-order valence-corrected chi connectivity index (χ0v) is 12.2. The number of carbonyl (C=O) groups excluding carboxylic acids is 1. The van der Waals surface area contributed by atoms with Gasteiger partial charge < -0.3 is 10.1 Å². The molecule has 0 bridgehead atoms. The first kappa shape index (κ1) is 13.9. The molecule has 1 aliphatic rings. The highest BCUT2D eigenvalue weighted by molar-refractivity contribution is 7.99. The number of hydrogen-bond acceptors (Lipinski definition) is 3. The van der Waals surface area contributed by atoms with E-state index in [-0.39, 0.29) is 16.8 Å². The number of amides is 1. The Balaban J connectivity index is 1.83. The molecule has 1 amide bonds. The Morgan fingerprint density at radius 3 is 2.76 bits per heavy atom. The summed E-state index contributed by atoms with van der Waals surface area (Å²) in [5, 5.41) is 2.20. The number of thioether (sulfide) groups is 1. The number of rotatable bonds is 4. The minimum atomic E-state index is -0.458. The van der Waals surface area contributed by atoms with E-state index in [4.69, 9.17) is 4.74 Å². The highest BCUT2D eigenvalue weighted by Gasteiger charge is 2.32. The Morgan fingerprint density at radius 1 is 1.29 bits per heavy atom. The van der Waals surface area contributed by atoms with Gasteiger partial charge in [0.15, 0.2) is 5.82 Å².